The second kappa shape index (κ2) is 5.27. The molecule has 0 bridgehead atoms. The minimum atomic E-state index is 0.0407. The van der Waals surface area contributed by atoms with Crippen LogP contribution in [0.25, 0.3) is 0 Å². The second-order valence-corrected chi connectivity index (χ2v) is 3.05. The fraction of sp³-hybridized carbons (Fsp3) is 0.364. The molecule has 0 aromatic heterocycles. The molecule has 0 spiro atoms. The molecule has 1 aliphatic carbocycles. The summed E-state index contributed by atoms with van der Waals surface area (Å²) in [6.07, 6.45) is 8.98. The molecule has 1 amide bonds. The maximum Gasteiger partial charge on any atom is 0.223 e. The summed E-state index contributed by atoms with van der Waals surface area (Å²) >= 11 is 0. The first-order valence-corrected chi connectivity index (χ1v) is 4.57. The van der Waals surface area contributed by atoms with Crippen molar-refractivity contribution in [1.82, 2.24) is 5.32 Å². The van der Waals surface area contributed by atoms with Gasteiger partial charge in [0.25, 0.3) is 0 Å². The van der Waals surface area contributed by atoms with E-state index in [4.69, 9.17) is 4.74 Å². The van der Waals surface area contributed by atoms with E-state index >= 15 is 0 Å². The lowest BCUT2D eigenvalue weighted by molar-refractivity contribution is -0.119. The van der Waals surface area contributed by atoms with Crippen LogP contribution < -0.4 is 5.32 Å². The Hall–Kier alpha value is -1.51. The third-order valence-corrected chi connectivity index (χ3v) is 2.05. The standard InChI is InChI=1S/C11H15NO2/c1-12-11(13)8-9-4-3-5-10(14-2)7-6-9/h3,5-7H,4,8H2,1-2H3,(H,12,13). The SMILES string of the molecule is CNC(=O)CC1=CC=C(OC)C=CC1. The van der Waals surface area contributed by atoms with Gasteiger partial charge in [0.15, 0.2) is 0 Å². The molecule has 3 heteroatoms. The van der Waals surface area contributed by atoms with Gasteiger partial charge in [-0.2, -0.15) is 0 Å². The third kappa shape index (κ3) is 3.09. The number of ether oxygens (including phenoxy) is 1. The molecule has 14 heavy (non-hydrogen) atoms. The van der Waals surface area contributed by atoms with Crippen LogP contribution in [0.5, 0.6) is 0 Å². The summed E-state index contributed by atoms with van der Waals surface area (Å²) in [6, 6.07) is 0. The quantitative estimate of drug-likeness (QED) is 0.738. The number of nitrogens with one attached hydrogen (secondary N) is 1. The van der Waals surface area contributed by atoms with Crippen LogP contribution in [0.1, 0.15) is 12.8 Å². The zero-order valence-electron chi connectivity index (χ0n) is 8.54. The minimum absolute atomic E-state index is 0.0407. The molecule has 1 N–H and O–H groups in total. The van der Waals surface area contributed by atoms with Gasteiger partial charge in [-0.25, -0.2) is 0 Å². The molecular formula is C11H15NO2. The van der Waals surface area contributed by atoms with Crippen LogP contribution in [0.15, 0.2) is 35.6 Å². The van der Waals surface area contributed by atoms with E-state index < -0.39 is 0 Å². The Kier molecular flexibility index (Phi) is 3.98. The molecule has 76 valence electrons. The van der Waals surface area contributed by atoms with Crippen LogP contribution in [0.2, 0.25) is 0 Å². The molecule has 0 saturated heterocycles. The van der Waals surface area contributed by atoms with Crippen molar-refractivity contribution in [2.75, 3.05) is 14.2 Å². The van der Waals surface area contributed by atoms with E-state index in [0.717, 1.165) is 17.8 Å². The lowest BCUT2D eigenvalue weighted by Crippen LogP contribution is -2.17. The van der Waals surface area contributed by atoms with Gasteiger partial charge in [0.05, 0.1) is 7.11 Å². The fourth-order valence-electron chi connectivity index (χ4n) is 1.21. The predicted molar refractivity (Wildman–Crippen MR) is 55.6 cm³/mol. The summed E-state index contributed by atoms with van der Waals surface area (Å²) in [5.74, 6) is 0.857. The molecule has 0 saturated carbocycles. The predicted octanol–water partition coefficient (Wildman–Crippen LogP) is 1.54. The first-order chi connectivity index (χ1) is 6.76. The Balaban J connectivity index is 2.64. The van der Waals surface area contributed by atoms with Crippen LogP contribution in [-0.2, 0) is 9.53 Å². The largest absolute Gasteiger partial charge is 0.497 e. The van der Waals surface area contributed by atoms with Crippen molar-refractivity contribution < 1.29 is 9.53 Å². The fourth-order valence-corrected chi connectivity index (χ4v) is 1.21. The van der Waals surface area contributed by atoms with Crippen molar-refractivity contribution in [3.63, 3.8) is 0 Å². The van der Waals surface area contributed by atoms with E-state index in [1.807, 2.05) is 24.3 Å². The number of carbonyl (C=O) groups is 1. The van der Waals surface area contributed by atoms with Crippen molar-refractivity contribution in [3.8, 4) is 0 Å². The number of methoxy groups -OCH3 is 1. The molecule has 1 rings (SSSR count). The number of amides is 1. The summed E-state index contributed by atoms with van der Waals surface area (Å²) in [6.45, 7) is 0. The topological polar surface area (TPSA) is 38.3 Å². The van der Waals surface area contributed by atoms with E-state index in [9.17, 15) is 4.79 Å². The zero-order chi connectivity index (χ0) is 10.4. The van der Waals surface area contributed by atoms with Gasteiger partial charge in [0.1, 0.15) is 5.76 Å². The van der Waals surface area contributed by atoms with E-state index in [-0.39, 0.29) is 5.91 Å². The number of rotatable bonds is 3. The molecule has 0 aliphatic heterocycles. The van der Waals surface area contributed by atoms with Gasteiger partial charge in [0, 0.05) is 13.5 Å². The summed E-state index contributed by atoms with van der Waals surface area (Å²) in [5.41, 5.74) is 1.09. The van der Waals surface area contributed by atoms with E-state index in [1.165, 1.54) is 0 Å². The minimum Gasteiger partial charge on any atom is -0.497 e. The maximum atomic E-state index is 11.1. The molecule has 0 atom stereocenters. The summed E-state index contributed by atoms with van der Waals surface area (Å²) < 4.78 is 5.08. The highest BCUT2D eigenvalue weighted by Crippen LogP contribution is 2.14. The molecule has 0 radical (unpaired) electrons. The summed E-state index contributed by atoms with van der Waals surface area (Å²) in [5, 5.41) is 2.60. The highest BCUT2D eigenvalue weighted by molar-refractivity contribution is 5.78. The van der Waals surface area contributed by atoms with E-state index in [1.54, 1.807) is 14.2 Å². The summed E-state index contributed by atoms with van der Waals surface area (Å²) in [7, 11) is 3.28. The highest BCUT2D eigenvalue weighted by atomic mass is 16.5. The highest BCUT2D eigenvalue weighted by Gasteiger charge is 2.04. The Bertz CT molecular complexity index is 300. The average Bonchev–Trinajstić information content (AvgIpc) is 2.43. The Morgan fingerprint density at radius 1 is 1.57 bits per heavy atom. The monoisotopic (exact) mass is 193 g/mol. The van der Waals surface area contributed by atoms with Crippen molar-refractivity contribution in [2.24, 2.45) is 0 Å². The lowest BCUT2D eigenvalue weighted by atomic mass is 10.1. The summed E-state index contributed by atoms with van der Waals surface area (Å²) in [4.78, 5) is 11.1. The first kappa shape index (κ1) is 10.6. The van der Waals surface area contributed by atoms with Crippen LogP contribution in [0, 0.1) is 0 Å². The van der Waals surface area contributed by atoms with Gasteiger partial charge in [-0.1, -0.05) is 17.7 Å². The van der Waals surface area contributed by atoms with Gasteiger partial charge in [-0.15, -0.1) is 0 Å². The molecule has 0 heterocycles. The van der Waals surface area contributed by atoms with Crippen LogP contribution in [0.3, 0.4) is 0 Å². The Morgan fingerprint density at radius 3 is 3.00 bits per heavy atom. The van der Waals surface area contributed by atoms with Crippen molar-refractivity contribution in [2.45, 2.75) is 12.8 Å². The number of carbonyl (C=O) groups excluding carboxylic acids is 1. The number of hydrogen-bond acceptors (Lipinski definition) is 2. The van der Waals surface area contributed by atoms with Crippen LogP contribution >= 0.6 is 0 Å². The molecule has 3 nitrogen and oxygen atoms in total. The van der Waals surface area contributed by atoms with Crippen LogP contribution in [-0.4, -0.2) is 20.1 Å². The van der Waals surface area contributed by atoms with Gasteiger partial charge in [0.2, 0.25) is 5.91 Å². The average molecular weight is 193 g/mol. The molecular weight excluding hydrogens is 178 g/mol. The molecule has 0 fully saturated rings. The van der Waals surface area contributed by atoms with Crippen molar-refractivity contribution >= 4 is 5.91 Å². The van der Waals surface area contributed by atoms with Crippen molar-refractivity contribution in [1.29, 1.82) is 0 Å². The Morgan fingerprint density at radius 2 is 2.36 bits per heavy atom. The van der Waals surface area contributed by atoms with E-state index in [0.29, 0.717) is 6.42 Å². The third-order valence-electron chi connectivity index (χ3n) is 2.05. The van der Waals surface area contributed by atoms with Gasteiger partial charge < -0.3 is 10.1 Å². The van der Waals surface area contributed by atoms with Crippen LogP contribution in [0.4, 0.5) is 0 Å². The second-order valence-electron chi connectivity index (χ2n) is 3.05. The molecule has 1 aliphatic rings. The van der Waals surface area contributed by atoms with E-state index in [2.05, 4.69) is 5.32 Å². The first-order valence-electron chi connectivity index (χ1n) is 4.57. The normalized spacial score (nSPS) is 15.3. The lowest BCUT2D eigenvalue weighted by Gasteiger charge is -2.01. The zero-order valence-corrected chi connectivity index (χ0v) is 8.54. The maximum absolute atomic E-state index is 11.1. The number of allylic oxidation sites excluding steroid dienone is 4. The van der Waals surface area contributed by atoms with Gasteiger partial charge in [-0.3, -0.25) is 4.79 Å². The Labute approximate surface area is 84.1 Å². The molecule has 0 aromatic rings. The van der Waals surface area contributed by atoms with Crippen molar-refractivity contribution in [3.05, 3.63) is 35.6 Å². The smallest absolute Gasteiger partial charge is 0.223 e. The van der Waals surface area contributed by atoms with Gasteiger partial charge in [-0.05, 0) is 18.6 Å². The molecule has 0 aromatic carbocycles. The number of hydrogen-bond donors (Lipinski definition) is 1. The van der Waals surface area contributed by atoms with Gasteiger partial charge >= 0.3 is 0 Å². The molecule has 0 unspecified atom stereocenters.